The van der Waals surface area contributed by atoms with Crippen molar-refractivity contribution in [2.24, 2.45) is 0 Å². The highest BCUT2D eigenvalue weighted by molar-refractivity contribution is 5.97. The largest absolute Gasteiger partial charge is 0.456 e. The molecule has 0 spiro atoms. The zero-order chi connectivity index (χ0) is 13.7. The first-order valence-electron chi connectivity index (χ1n) is 5.45. The summed E-state index contributed by atoms with van der Waals surface area (Å²) in [6.07, 6.45) is 0. The predicted molar refractivity (Wildman–Crippen MR) is 66.4 cm³/mol. The second-order valence-electron chi connectivity index (χ2n) is 3.91. The molecule has 0 saturated carbocycles. The van der Waals surface area contributed by atoms with Gasteiger partial charge in [0.05, 0.1) is 0 Å². The summed E-state index contributed by atoms with van der Waals surface area (Å²) in [5.41, 5.74) is 1.97. The number of nitrogens with one attached hydrogen (secondary N) is 1. The molecule has 5 heteroatoms. The first kappa shape index (κ1) is 13.9. The molecule has 18 heavy (non-hydrogen) atoms. The minimum Gasteiger partial charge on any atom is -0.456 e. The number of hydrogen-bond acceptors (Lipinski definition) is 4. The van der Waals surface area contributed by atoms with Gasteiger partial charge in [0.15, 0.2) is 12.4 Å². The summed E-state index contributed by atoms with van der Waals surface area (Å²) in [6, 6.07) is 4.98. The highest BCUT2D eigenvalue weighted by Gasteiger charge is 2.07. The van der Waals surface area contributed by atoms with Gasteiger partial charge < -0.3 is 10.1 Å². The molecule has 0 atom stereocenters. The lowest BCUT2D eigenvalue weighted by molar-refractivity contribution is -0.144. The molecule has 0 unspecified atom stereocenters. The number of ether oxygens (including phenoxy) is 1. The monoisotopic (exact) mass is 249 g/mol. The van der Waals surface area contributed by atoms with E-state index in [0.29, 0.717) is 11.3 Å². The van der Waals surface area contributed by atoms with Crippen LogP contribution in [0.3, 0.4) is 0 Å². The molecule has 0 saturated heterocycles. The van der Waals surface area contributed by atoms with Crippen LogP contribution >= 0.6 is 0 Å². The molecule has 96 valence electrons. The van der Waals surface area contributed by atoms with Crippen molar-refractivity contribution < 1.29 is 19.1 Å². The number of anilines is 1. The van der Waals surface area contributed by atoms with Crippen molar-refractivity contribution in [1.29, 1.82) is 0 Å². The van der Waals surface area contributed by atoms with Gasteiger partial charge in [0.2, 0.25) is 0 Å². The Hall–Kier alpha value is -2.17. The van der Waals surface area contributed by atoms with Gasteiger partial charge >= 0.3 is 5.97 Å². The lowest BCUT2D eigenvalue weighted by Gasteiger charge is -2.08. The summed E-state index contributed by atoms with van der Waals surface area (Å²) < 4.78 is 4.56. The topological polar surface area (TPSA) is 72.5 Å². The van der Waals surface area contributed by atoms with Gasteiger partial charge in [0, 0.05) is 18.2 Å². The van der Waals surface area contributed by atoms with E-state index in [4.69, 9.17) is 0 Å². The average Bonchev–Trinajstić information content (AvgIpc) is 2.26. The molecule has 0 heterocycles. The average molecular weight is 249 g/mol. The maximum Gasteiger partial charge on any atom is 0.303 e. The Morgan fingerprint density at radius 2 is 1.89 bits per heavy atom. The van der Waals surface area contributed by atoms with E-state index in [9.17, 15) is 14.4 Å². The van der Waals surface area contributed by atoms with Gasteiger partial charge in [-0.15, -0.1) is 0 Å². The van der Waals surface area contributed by atoms with Gasteiger partial charge in [0.25, 0.3) is 5.91 Å². The first-order chi connectivity index (χ1) is 8.40. The minimum absolute atomic E-state index is 0.0229. The fourth-order valence-electron chi connectivity index (χ4n) is 1.50. The molecule has 0 aliphatic carbocycles. The summed E-state index contributed by atoms with van der Waals surface area (Å²) in [5, 5.41) is 2.58. The van der Waals surface area contributed by atoms with E-state index in [2.05, 4.69) is 10.1 Å². The van der Waals surface area contributed by atoms with Crippen LogP contribution in [-0.4, -0.2) is 24.3 Å². The van der Waals surface area contributed by atoms with Gasteiger partial charge in [-0.25, -0.2) is 0 Å². The molecule has 1 N–H and O–H groups in total. The van der Waals surface area contributed by atoms with Gasteiger partial charge in [-0.1, -0.05) is 0 Å². The van der Waals surface area contributed by atoms with Crippen molar-refractivity contribution in [1.82, 2.24) is 0 Å². The Bertz CT molecular complexity index is 494. The number of esters is 1. The molecule has 5 nitrogen and oxygen atoms in total. The van der Waals surface area contributed by atoms with Crippen molar-refractivity contribution >= 4 is 23.3 Å². The SMILES string of the molecule is CC(=O)OCC(=O)Nc1ccc(C(C)=O)c(C)c1. The number of ketones is 1. The summed E-state index contributed by atoms with van der Waals surface area (Å²) in [7, 11) is 0. The molecular formula is C13H15NO4. The molecule has 0 fully saturated rings. The van der Waals surface area contributed by atoms with E-state index in [-0.39, 0.29) is 12.4 Å². The molecule has 1 aromatic rings. The number of Topliss-reactive ketones (excluding diaryl/α,β-unsaturated/α-hetero) is 1. The lowest BCUT2D eigenvalue weighted by atomic mass is 10.0. The Labute approximate surface area is 105 Å². The zero-order valence-electron chi connectivity index (χ0n) is 10.6. The Morgan fingerprint density at radius 3 is 2.39 bits per heavy atom. The Balaban J connectivity index is 2.69. The lowest BCUT2D eigenvalue weighted by Crippen LogP contribution is -2.19. The predicted octanol–water partition coefficient (Wildman–Crippen LogP) is 1.70. The van der Waals surface area contributed by atoms with E-state index in [1.54, 1.807) is 25.1 Å². The van der Waals surface area contributed by atoms with Crippen LogP contribution in [0.2, 0.25) is 0 Å². The smallest absolute Gasteiger partial charge is 0.303 e. The number of aryl methyl sites for hydroxylation is 1. The second-order valence-corrected chi connectivity index (χ2v) is 3.91. The summed E-state index contributed by atoms with van der Waals surface area (Å²) in [6.45, 7) is 4.20. The van der Waals surface area contributed by atoms with Crippen LogP contribution in [0, 0.1) is 6.92 Å². The number of carbonyl (C=O) groups excluding carboxylic acids is 3. The highest BCUT2D eigenvalue weighted by atomic mass is 16.5. The summed E-state index contributed by atoms with van der Waals surface area (Å²) in [5.74, 6) is -0.946. The third-order valence-electron chi connectivity index (χ3n) is 2.30. The maximum atomic E-state index is 11.4. The normalized spacial score (nSPS) is 9.72. The maximum absolute atomic E-state index is 11.4. The minimum atomic E-state index is -0.506. The number of amides is 1. The third kappa shape index (κ3) is 4.01. The van der Waals surface area contributed by atoms with Gasteiger partial charge in [-0.2, -0.15) is 0 Å². The summed E-state index contributed by atoms with van der Waals surface area (Å²) >= 11 is 0. The van der Waals surface area contributed by atoms with E-state index in [0.717, 1.165) is 5.56 Å². The number of benzene rings is 1. The fraction of sp³-hybridized carbons (Fsp3) is 0.308. The number of carbonyl (C=O) groups is 3. The fourth-order valence-corrected chi connectivity index (χ4v) is 1.50. The molecule has 0 aromatic heterocycles. The number of hydrogen-bond donors (Lipinski definition) is 1. The van der Waals surface area contributed by atoms with Crippen molar-refractivity contribution in [3.8, 4) is 0 Å². The Kier molecular flexibility index (Phi) is 4.59. The zero-order valence-corrected chi connectivity index (χ0v) is 10.6. The van der Waals surface area contributed by atoms with Gasteiger partial charge in [-0.05, 0) is 37.6 Å². The second kappa shape index (κ2) is 5.95. The molecule has 0 bridgehead atoms. The van der Waals surface area contributed by atoms with Crippen molar-refractivity contribution in [2.45, 2.75) is 20.8 Å². The van der Waals surface area contributed by atoms with E-state index < -0.39 is 11.9 Å². The standard InChI is InChI=1S/C13H15NO4/c1-8-6-11(4-5-12(8)9(2)15)14-13(17)7-18-10(3)16/h4-6H,7H2,1-3H3,(H,14,17). The van der Waals surface area contributed by atoms with Crippen LogP contribution in [0.5, 0.6) is 0 Å². The molecule has 1 aromatic carbocycles. The molecule has 1 rings (SSSR count). The van der Waals surface area contributed by atoms with Crippen LogP contribution in [0.1, 0.15) is 29.8 Å². The van der Waals surface area contributed by atoms with Gasteiger partial charge in [-0.3, -0.25) is 14.4 Å². The molecule has 0 aliphatic heterocycles. The molecule has 0 aliphatic rings. The van der Waals surface area contributed by atoms with E-state index in [1.807, 2.05) is 0 Å². The van der Waals surface area contributed by atoms with Crippen LogP contribution in [0.4, 0.5) is 5.69 Å². The molecule has 1 amide bonds. The molecular weight excluding hydrogens is 234 g/mol. The van der Waals surface area contributed by atoms with Crippen molar-refractivity contribution in [3.63, 3.8) is 0 Å². The van der Waals surface area contributed by atoms with Crippen molar-refractivity contribution in [3.05, 3.63) is 29.3 Å². The van der Waals surface area contributed by atoms with E-state index >= 15 is 0 Å². The van der Waals surface area contributed by atoms with Crippen LogP contribution in [-0.2, 0) is 14.3 Å². The number of rotatable bonds is 4. The quantitative estimate of drug-likeness (QED) is 0.651. The van der Waals surface area contributed by atoms with Gasteiger partial charge in [0.1, 0.15) is 0 Å². The first-order valence-corrected chi connectivity index (χ1v) is 5.45. The third-order valence-corrected chi connectivity index (χ3v) is 2.30. The van der Waals surface area contributed by atoms with Crippen molar-refractivity contribution in [2.75, 3.05) is 11.9 Å². The molecule has 0 radical (unpaired) electrons. The Morgan fingerprint density at radius 1 is 1.22 bits per heavy atom. The highest BCUT2D eigenvalue weighted by Crippen LogP contribution is 2.15. The van der Waals surface area contributed by atoms with E-state index in [1.165, 1.54) is 13.8 Å². The van der Waals surface area contributed by atoms with Crippen LogP contribution < -0.4 is 5.32 Å². The van der Waals surface area contributed by atoms with Crippen LogP contribution in [0.25, 0.3) is 0 Å². The summed E-state index contributed by atoms with van der Waals surface area (Å²) in [4.78, 5) is 33.2. The van der Waals surface area contributed by atoms with Crippen LogP contribution in [0.15, 0.2) is 18.2 Å².